The molecule has 0 aliphatic rings. The van der Waals surface area contributed by atoms with Gasteiger partial charge in [0.2, 0.25) is 0 Å². The first-order valence-corrected chi connectivity index (χ1v) is 10.6. The van der Waals surface area contributed by atoms with Crippen molar-refractivity contribution in [3.8, 4) is 22.8 Å². The first-order valence-electron chi connectivity index (χ1n) is 8.11. The lowest BCUT2D eigenvalue weighted by Gasteiger charge is -2.11. The van der Waals surface area contributed by atoms with E-state index >= 15 is 0 Å². The fourth-order valence-electron chi connectivity index (χ4n) is 2.55. The lowest BCUT2D eigenvalue weighted by Crippen LogP contribution is -2.00. The molecule has 0 saturated carbocycles. The number of rotatable bonds is 6. The van der Waals surface area contributed by atoms with Gasteiger partial charge >= 0.3 is 0 Å². The van der Waals surface area contributed by atoms with Gasteiger partial charge in [0, 0.05) is 33.6 Å². The Kier molecular flexibility index (Phi) is 5.82. The lowest BCUT2D eigenvalue weighted by atomic mass is 10.2. The van der Waals surface area contributed by atoms with Gasteiger partial charge in [0.1, 0.15) is 15.8 Å². The minimum absolute atomic E-state index is 0.541. The molecule has 10 heteroatoms. The summed E-state index contributed by atoms with van der Waals surface area (Å²) in [6.45, 7) is 0. The van der Waals surface area contributed by atoms with Crippen LogP contribution < -0.4 is 4.74 Å². The minimum Gasteiger partial charge on any atom is -0.497 e. The fourth-order valence-corrected chi connectivity index (χ4v) is 4.36. The van der Waals surface area contributed by atoms with E-state index in [0.29, 0.717) is 26.1 Å². The van der Waals surface area contributed by atoms with Gasteiger partial charge in [-0.3, -0.25) is 4.57 Å². The number of hydrogen-bond donors (Lipinski definition) is 0. The molecule has 0 unspecified atom stereocenters. The molecule has 142 valence electrons. The second kappa shape index (κ2) is 8.48. The Balaban J connectivity index is 1.76. The molecule has 0 spiro atoms. The summed E-state index contributed by atoms with van der Waals surface area (Å²) in [5.41, 5.74) is 2.52. The number of halogens is 2. The molecule has 0 saturated heterocycles. The summed E-state index contributed by atoms with van der Waals surface area (Å²) in [5, 5.41) is 14.2. The largest absolute Gasteiger partial charge is 0.497 e. The standard InChI is InChI=1S/C18H13Cl2N5OS2/c1-26-14-4-2-3-11(9-14)17-22-23-18(27-10-15-16(20)28-24-21-15)25(17)13-7-5-12(19)6-8-13/h2-9H,10H2,1H3. The van der Waals surface area contributed by atoms with Crippen LogP contribution in [-0.4, -0.2) is 31.5 Å². The third kappa shape index (κ3) is 4.00. The highest BCUT2D eigenvalue weighted by Crippen LogP contribution is 2.32. The van der Waals surface area contributed by atoms with Crippen LogP contribution in [0.2, 0.25) is 9.36 Å². The number of nitrogens with zero attached hydrogens (tertiary/aromatic N) is 5. The van der Waals surface area contributed by atoms with Crippen LogP contribution in [0, 0.1) is 0 Å². The highest BCUT2D eigenvalue weighted by molar-refractivity contribution is 7.98. The highest BCUT2D eigenvalue weighted by atomic mass is 35.5. The van der Waals surface area contributed by atoms with Crippen molar-refractivity contribution in [1.29, 1.82) is 0 Å². The van der Waals surface area contributed by atoms with Gasteiger partial charge in [0.25, 0.3) is 0 Å². The lowest BCUT2D eigenvalue weighted by molar-refractivity contribution is 0.415. The van der Waals surface area contributed by atoms with E-state index in [-0.39, 0.29) is 0 Å². The summed E-state index contributed by atoms with van der Waals surface area (Å²) in [6, 6.07) is 15.2. The molecule has 0 aliphatic carbocycles. The molecule has 0 fully saturated rings. The van der Waals surface area contributed by atoms with E-state index in [4.69, 9.17) is 27.9 Å². The number of aromatic nitrogens is 5. The number of ether oxygens (including phenoxy) is 1. The van der Waals surface area contributed by atoms with Gasteiger partial charge in [-0.05, 0) is 36.4 Å². The van der Waals surface area contributed by atoms with Gasteiger partial charge in [0.05, 0.1) is 7.11 Å². The average molecular weight is 450 g/mol. The number of thioether (sulfide) groups is 1. The van der Waals surface area contributed by atoms with Crippen LogP contribution in [0.4, 0.5) is 0 Å². The molecular weight excluding hydrogens is 437 g/mol. The Labute approximate surface area is 179 Å². The van der Waals surface area contributed by atoms with Crippen LogP contribution in [0.15, 0.2) is 53.7 Å². The van der Waals surface area contributed by atoms with Gasteiger partial charge in [-0.1, -0.05) is 51.6 Å². The van der Waals surface area contributed by atoms with Crippen molar-refractivity contribution in [2.75, 3.05) is 7.11 Å². The van der Waals surface area contributed by atoms with Gasteiger partial charge in [0.15, 0.2) is 11.0 Å². The summed E-state index contributed by atoms with van der Waals surface area (Å²) in [7, 11) is 1.63. The zero-order valence-corrected chi connectivity index (χ0v) is 17.7. The second-order valence-electron chi connectivity index (χ2n) is 5.63. The molecule has 0 atom stereocenters. The zero-order valence-electron chi connectivity index (χ0n) is 14.5. The first kappa shape index (κ1) is 19.2. The fraction of sp³-hybridized carbons (Fsp3) is 0.111. The molecule has 0 amide bonds. The molecule has 0 radical (unpaired) electrons. The van der Waals surface area contributed by atoms with Crippen molar-refractivity contribution in [2.45, 2.75) is 10.9 Å². The molecule has 4 rings (SSSR count). The summed E-state index contributed by atoms with van der Waals surface area (Å²) in [6.07, 6.45) is 0. The highest BCUT2D eigenvalue weighted by Gasteiger charge is 2.18. The summed E-state index contributed by atoms with van der Waals surface area (Å²) in [5.74, 6) is 1.99. The van der Waals surface area contributed by atoms with Crippen LogP contribution in [0.5, 0.6) is 5.75 Å². The molecule has 0 bridgehead atoms. The summed E-state index contributed by atoms with van der Waals surface area (Å²) < 4.78 is 11.8. The molecular formula is C18H13Cl2N5OS2. The van der Waals surface area contributed by atoms with Gasteiger partial charge in [-0.25, -0.2) is 0 Å². The Morgan fingerprint density at radius 3 is 2.61 bits per heavy atom. The summed E-state index contributed by atoms with van der Waals surface area (Å²) >= 11 is 14.8. The molecule has 2 aromatic carbocycles. The second-order valence-corrected chi connectivity index (χ2v) is 8.37. The molecule has 4 aromatic rings. The van der Waals surface area contributed by atoms with Crippen LogP contribution in [0.3, 0.4) is 0 Å². The maximum Gasteiger partial charge on any atom is 0.196 e. The van der Waals surface area contributed by atoms with E-state index in [2.05, 4.69) is 19.8 Å². The Hall–Kier alpha value is -2.13. The van der Waals surface area contributed by atoms with Crippen LogP contribution >= 0.6 is 46.5 Å². The number of methoxy groups -OCH3 is 1. The van der Waals surface area contributed by atoms with Crippen molar-refractivity contribution in [1.82, 2.24) is 24.4 Å². The van der Waals surface area contributed by atoms with E-state index < -0.39 is 0 Å². The van der Waals surface area contributed by atoms with E-state index in [9.17, 15) is 0 Å². The van der Waals surface area contributed by atoms with E-state index in [1.165, 1.54) is 23.3 Å². The molecule has 28 heavy (non-hydrogen) atoms. The predicted molar refractivity (Wildman–Crippen MR) is 113 cm³/mol. The van der Waals surface area contributed by atoms with E-state index in [0.717, 1.165) is 22.7 Å². The topological polar surface area (TPSA) is 65.7 Å². The SMILES string of the molecule is COc1cccc(-c2nnc(SCc3nnsc3Cl)n2-c2ccc(Cl)cc2)c1. The Morgan fingerprint density at radius 1 is 1.07 bits per heavy atom. The normalized spacial score (nSPS) is 11.0. The third-order valence-electron chi connectivity index (χ3n) is 3.89. The third-order valence-corrected chi connectivity index (χ3v) is 6.07. The molecule has 0 aliphatic heterocycles. The molecule has 6 nitrogen and oxygen atoms in total. The number of hydrogen-bond acceptors (Lipinski definition) is 7. The molecule has 2 heterocycles. The Bertz CT molecular complexity index is 1100. The maximum atomic E-state index is 6.12. The van der Waals surface area contributed by atoms with Crippen LogP contribution in [0.25, 0.3) is 17.1 Å². The monoisotopic (exact) mass is 449 g/mol. The van der Waals surface area contributed by atoms with E-state index in [1.807, 2.05) is 53.1 Å². The van der Waals surface area contributed by atoms with Gasteiger partial charge in [-0.15, -0.1) is 15.3 Å². The van der Waals surface area contributed by atoms with Gasteiger partial charge < -0.3 is 4.74 Å². The van der Waals surface area contributed by atoms with Crippen molar-refractivity contribution in [3.63, 3.8) is 0 Å². The Morgan fingerprint density at radius 2 is 1.89 bits per heavy atom. The van der Waals surface area contributed by atoms with Crippen LogP contribution in [-0.2, 0) is 5.75 Å². The zero-order chi connectivity index (χ0) is 19.5. The van der Waals surface area contributed by atoms with Gasteiger partial charge in [-0.2, -0.15) is 0 Å². The quantitative estimate of drug-likeness (QED) is 0.367. The molecule has 0 N–H and O–H groups in total. The van der Waals surface area contributed by atoms with Crippen molar-refractivity contribution in [3.05, 3.63) is 63.6 Å². The van der Waals surface area contributed by atoms with E-state index in [1.54, 1.807) is 7.11 Å². The predicted octanol–water partition coefficient (Wildman–Crippen LogP) is 5.39. The first-order chi connectivity index (χ1) is 13.7. The smallest absolute Gasteiger partial charge is 0.196 e. The van der Waals surface area contributed by atoms with Crippen LogP contribution in [0.1, 0.15) is 5.69 Å². The average Bonchev–Trinajstić information content (AvgIpc) is 3.33. The minimum atomic E-state index is 0.541. The number of benzene rings is 2. The van der Waals surface area contributed by atoms with Crippen molar-refractivity contribution in [2.24, 2.45) is 0 Å². The maximum absolute atomic E-state index is 6.12. The van der Waals surface area contributed by atoms with Crippen molar-refractivity contribution < 1.29 is 4.74 Å². The van der Waals surface area contributed by atoms with Crippen molar-refractivity contribution >= 4 is 46.5 Å². The molecule has 2 aromatic heterocycles. The summed E-state index contributed by atoms with van der Waals surface area (Å²) in [4.78, 5) is 0.